The van der Waals surface area contributed by atoms with Gasteiger partial charge in [-0.25, -0.2) is 0 Å². The van der Waals surface area contributed by atoms with Crippen LogP contribution in [0.5, 0.6) is 0 Å². The average molecular weight is 367 g/mol. The number of hydrogen-bond donors (Lipinski definition) is 0. The van der Waals surface area contributed by atoms with Crippen molar-refractivity contribution < 1.29 is 4.79 Å². The summed E-state index contributed by atoms with van der Waals surface area (Å²) in [6.45, 7) is 12.2. The normalized spacial score (nSPS) is 11.4. The minimum absolute atomic E-state index is 0.0769. The third kappa shape index (κ3) is 4.20. The minimum Gasteiger partial charge on any atom is -0.295 e. The van der Waals surface area contributed by atoms with E-state index in [4.69, 9.17) is 0 Å². The van der Waals surface area contributed by atoms with E-state index in [9.17, 15) is 4.79 Å². The second-order valence-corrected chi connectivity index (χ2v) is 7.33. The van der Waals surface area contributed by atoms with Crippen molar-refractivity contribution in [2.45, 2.75) is 27.7 Å². The van der Waals surface area contributed by atoms with Crippen LogP contribution in [0, 0.1) is 13.8 Å². The maximum Gasteiger partial charge on any atom is 0.159 e. The molecule has 0 N–H and O–H groups in total. The molecule has 140 valence electrons. The maximum absolute atomic E-state index is 11.4. The van der Waals surface area contributed by atoms with Gasteiger partial charge in [0, 0.05) is 5.56 Å². The molecule has 1 nitrogen and oxygen atoms in total. The molecular formula is C27H26O. The Morgan fingerprint density at radius 3 is 1.93 bits per heavy atom. The maximum atomic E-state index is 11.4. The van der Waals surface area contributed by atoms with Gasteiger partial charge in [-0.3, -0.25) is 4.79 Å². The van der Waals surface area contributed by atoms with Gasteiger partial charge in [0.1, 0.15) is 0 Å². The molecule has 3 rings (SSSR count). The van der Waals surface area contributed by atoms with Crippen molar-refractivity contribution in [3.63, 3.8) is 0 Å². The summed E-state index contributed by atoms with van der Waals surface area (Å²) in [7, 11) is 0. The van der Waals surface area contributed by atoms with Crippen LogP contribution in [0.3, 0.4) is 0 Å². The summed E-state index contributed by atoms with van der Waals surface area (Å²) in [5.74, 6) is 0.0769. The second-order valence-electron chi connectivity index (χ2n) is 7.33. The van der Waals surface area contributed by atoms with Gasteiger partial charge >= 0.3 is 0 Å². The summed E-state index contributed by atoms with van der Waals surface area (Å²) >= 11 is 0. The highest BCUT2D eigenvalue weighted by Crippen LogP contribution is 2.29. The van der Waals surface area contributed by atoms with E-state index in [-0.39, 0.29) is 5.78 Å². The zero-order valence-corrected chi connectivity index (χ0v) is 17.0. The van der Waals surface area contributed by atoms with E-state index in [1.54, 1.807) is 6.92 Å². The largest absolute Gasteiger partial charge is 0.295 e. The molecule has 0 fully saturated rings. The Morgan fingerprint density at radius 2 is 1.32 bits per heavy atom. The van der Waals surface area contributed by atoms with Crippen LogP contribution in [0.4, 0.5) is 0 Å². The quantitative estimate of drug-likeness (QED) is 0.342. The highest BCUT2D eigenvalue weighted by molar-refractivity contribution is 5.94. The van der Waals surface area contributed by atoms with Gasteiger partial charge in [0.2, 0.25) is 0 Å². The molecule has 0 aliphatic carbocycles. The molecule has 0 heterocycles. The first-order valence-electron chi connectivity index (χ1n) is 9.52. The molecule has 0 radical (unpaired) electrons. The van der Waals surface area contributed by atoms with Crippen LogP contribution in [-0.4, -0.2) is 5.78 Å². The van der Waals surface area contributed by atoms with Crippen molar-refractivity contribution in [1.82, 2.24) is 0 Å². The van der Waals surface area contributed by atoms with Gasteiger partial charge in [-0.05, 0) is 72.2 Å². The van der Waals surface area contributed by atoms with E-state index in [0.29, 0.717) is 0 Å². The van der Waals surface area contributed by atoms with Gasteiger partial charge < -0.3 is 0 Å². The van der Waals surface area contributed by atoms with Crippen LogP contribution in [0.2, 0.25) is 0 Å². The fraction of sp³-hybridized carbons (Fsp3) is 0.148. The van der Waals surface area contributed by atoms with E-state index in [0.717, 1.165) is 16.7 Å². The standard InChI is InChI=1S/C27H26O/c1-18-8-6-7-9-26(18)27-15-14-25(17-21(27)4)20(3)16-19(2)23-10-12-24(13-11-23)22(5)28/h6-17H,2H2,1,3-5H3/b20-16+. The van der Waals surface area contributed by atoms with Crippen LogP contribution in [0.25, 0.3) is 22.3 Å². The van der Waals surface area contributed by atoms with Crippen molar-refractivity contribution in [3.05, 3.63) is 107 Å². The lowest BCUT2D eigenvalue weighted by atomic mass is 9.93. The van der Waals surface area contributed by atoms with Crippen LogP contribution < -0.4 is 0 Å². The van der Waals surface area contributed by atoms with Crippen molar-refractivity contribution in [1.29, 1.82) is 0 Å². The number of Topliss-reactive ketones (excluding diaryl/α,β-unsaturated/α-hetero) is 1. The zero-order chi connectivity index (χ0) is 20.3. The topological polar surface area (TPSA) is 17.1 Å². The molecule has 0 saturated heterocycles. The van der Waals surface area contributed by atoms with E-state index in [1.165, 1.54) is 33.4 Å². The fourth-order valence-corrected chi connectivity index (χ4v) is 3.43. The highest BCUT2D eigenvalue weighted by Gasteiger charge is 2.07. The number of hydrogen-bond acceptors (Lipinski definition) is 1. The Morgan fingerprint density at radius 1 is 0.750 bits per heavy atom. The molecule has 3 aromatic rings. The number of allylic oxidation sites excluding steroid dienone is 3. The van der Waals surface area contributed by atoms with Gasteiger partial charge in [0.15, 0.2) is 5.78 Å². The van der Waals surface area contributed by atoms with Gasteiger partial charge in [0.05, 0.1) is 0 Å². The summed E-state index contributed by atoms with van der Waals surface area (Å²) < 4.78 is 0. The predicted octanol–water partition coefficient (Wildman–Crippen LogP) is 7.29. The molecule has 3 aromatic carbocycles. The third-order valence-electron chi connectivity index (χ3n) is 5.17. The fourth-order valence-electron chi connectivity index (χ4n) is 3.43. The van der Waals surface area contributed by atoms with Crippen molar-refractivity contribution in [2.75, 3.05) is 0 Å². The number of carbonyl (C=O) groups excluding carboxylic acids is 1. The summed E-state index contributed by atoms with van der Waals surface area (Å²) in [5, 5.41) is 0. The Kier molecular flexibility index (Phi) is 5.75. The number of ketones is 1. The summed E-state index contributed by atoms with van der Waals surface area (Å²) in [6, 6.07) is 22.7. The Bertz CT molecular complexity index is 1070. The molecule has 0 aliphatic rings. The van der Waals surface area contributed by atoms with E-state index >= 15 is 0 Å². The van der Waals surface area contributed by atoms with Crippen LogP contribution in [0.15, 0.2) is 79.4 Å². The molecule has 1 heteroatoms. The molecule has 28 heavy (non-hydrogen) atoms. The first-order chi connectivity index (χ1) is 13.4. The Balaban J connectivity index is 1.86. The van der Waals surface area contributed by atoms with Crippen LogP contribution >= 0.6 is 0 Å². The average Bonchev–Trinajstić information content (AvgIpc) is 2.68. The second kappa shape index (κ2) is 8.22. The van der Waals surface area contributed by atoms with Crippen molar-refractivity contribution >= 4 is 16.9 Å². The zero-order valence-electron chi connectivity index (χ0n) is 17.0. The summed E-state index contributed by atoms with van der Waals surface area (Å²) in [6.07, 6.45) is 2.10. The highest BCUT2D eigenvalue weighted by atomic mass is 16.1. The SMILES string of the molecule is C=C(/C=C(\C)c1ccc(-c2ccccc2C)c(C)c1)c1ccc(C(C)=O)cc1. The third-order valence-corrected chi connectivity index (χ3v) is 5.17. The van der Waals surface area contributed by atoms with Gasteiger partial charge in [-0.15, -0.1) is 0 Å². The number of carbonyl (C=O) groups is 1. The van der Waals surface area contributed by atoms with E-state index < -0.39 is 0 Å². The first-order valence-corrected chi connectivity index (χ1v) is 9.52. The molecule has 0 atom stereocenters. The van der Waals surface area contributed by atoms with Gasteiger partial charge in [0.25, 0.3) is 0 Å². The van der Waals surface area contributed by atoms with Crippen molar-refractivity contribution in [2.24, 2.45) is 0 Å². The van der Waals surface area contributed by atoms with Crippen LogP contribution in [0.1, 0.15) is 46.5 Å². The Hall–Kier alpha value is -3.19. The molecule has 0 bridgehead atoms. The molecule has 0 unspecified atom stereocenters. The molecule has 0 spiro atoms. The molecule has 0 amide bonds. The van der Waals surface area contributed by atoms with E-state index in [1.807, 2.05) is 24.3 Å². The first kappa shape index (κ1) is 19.6. The van der Waals surface area contributed by atoms with Crippen LogP contribution in [-0.2, 0) is 0 Å². The lowest BCUT2D eigenvalue weighted by Gasteiger charge is -2.12. The van der Waals surface area contributed by atoms with Crippen molar-refractivity contribution in [3.8, 4) is 11.1 Å². The monoisotopic (exact) mass is 366 g/mol. The predicted molar refractivity (Wildman–Crippen MR) is 120 cm³/mol. The lowest BCUT2D eigenvalue weighted by molar-refractivity contribution is 0.101. The van der Waals surface area contributed by atoms with E-state index in [2.05, 4.69) is 75.9 Å². The molecular weight excluding hydrogens is 340 g/mol. The molecule has 0 saturated carbocycles. The number of rotatable bonds is 5. The van der Waals surface area contributed by atoms with Gasteiger partial charge in [-0.1, -0.05) is 79.4 Å². The summed E-state index contributed by atoms with van der Waals surface area (Å²) in [4.78, 5) is 11.4. The number of aryl methyl sites for hydroxylation is 2. The number of benzene rings is 3. The Labute approximate surface area is 168 Å². The molecule has 0 aliphatic heterocycles. The molecule has 0 aromatic heterocycles. The summed E-state index contributed by atoms with van der Waals surface area (Å²) in [5.41, 5.74) is 10.1. The lowest BCUT2D eigenvalue weighted by Crippen LogP contribution is -1.92. The minimum atomic E-state index is 0.0769. The van der Waals surface area contributed by atoms with Gasteiger partial charge in [-0.2, -0.15) is 0 Å². The smallest absolute Gasteiger partial charge is 0.159 e.